The second kappa shape index (κ2) is 3.84. The average Bonchev–Trinajstić information content (AvgIpc) is 3.00. The van der Waals surface area contributed by atoms with Gasteiger partial charge in [-0.2, -0.15) is 0 Å². The van der Waals surface area contributed by atoms with Crippen LogP contribution in [-0.4, -0.2) is 21.7 Å². The third-order valence-corrected chi connectivity index (χ3v) is 4.86. The molecule has 3 atom stereocenters. The zero-order chi connectivity index (χ0) is 14.2. The molecular weight excluding hydrogens is 517 g/mol. The van der Waals surface area contributed by atoms with Gasteiger partial charge in [-0.3, -0.25) is 4.98 Å². The SMILES string of the molecule is Cc1c2c(c3c(nc4n3[CH-]C(C)N4)c1C)C(C)C(C)O2.[Rf]. The van der Waals surface area contributed by atoms with Crippen LogP contribution in [0.4, 0.5) is 5.95 Å². The van der Waals surface area contributed by atoms with Gasteiger partial charge >= 0.3 is 0 Å². The van der Waals surface area contributed by atoms with E-state index in [2.05, 4.69) is 51.0 Å². The molecule has 3 unspecified atom stereocenters. The smallest absolute Gasteiger partial charge is 0.116 e. The molecule has 0 bridgehead atoms. The monoisotopic (exact) mass is 537 g/mol. The maximum atomic E-state index is 6.12. The van der Waals surface area contributed by atoms with Crippen molar-refractivity contribution in [1.82, 2.24) is 9.55 Å². The molecule has 0 fully saturated rings. The summed E-state index contributed by atoms with van der Waals surface area (Å²) in [6.45, 7) is 13.0. The molecule has 21 heavy (non-hydrogen) atoms. The molecule has 0 saturated heterocycles. The Balaban J connectivity index is 0.00000132. The third-order valence-electron chi connectivity index (χ3n) is 4.86. The summed E-state index contributed by atoms with van der Waals surface area (Å²) in [7, 11) is 0. The first kappa shape index (κ1) is 13.2. The van der Waals surface area contributed by atoms with Gasteiger partial charge in [0.1, 0.15) is 11.9 Å². The molecule has 108 valence electrons. The predicted octanol–water partition coefficient (Wildman–Crippen LogP) is 3.36. The van der Waals surface area contributed by atoms with E-state index in [0.717, 1.165) is 17.2 Å². The number of rotatable bonds is 0. The van der Waals surface area contributed by atoms with Crippen molar-refractivity contribution in [2.45, 2.75) is 52.7 Å². The summed E-state index contributed by atoms with van der Waals surface area (Å²) in [6, 6.07) is 0.328. The number of ether oxygens (including phenoxy) is 1. The molecule has 2 aliphatic heterocycles. The van der Waals surface area contributed by atoms with Gasteiger partial charge in [0.05, 0.1) is 5.95 Å². The number of aryl methyl sites for hydroxylation is 1. The molecule has 0 radical (unpaired) electrons. The van der Waals surface area contributed by atoms with E-state index in [1.807, 2.05) is 0 Å². The first-order valence-corrected chi connectivity index (χ1v) is 7.32. The van der Waals surface area contributed by atoms with Gasteiger partial charge in [0, 0.05) is 17.5 Å². The summed E-state index contributed by atoms with van der Waals surface area (Å²) >= 11 is 0. The summed E-state index contributed by atoms with van der Waals surface area (Å²) in [5.74, 6) is 2.43. The molecule has 0 saturated carbocycles. The average molecular weight is 537 g/mol. The fourth-order valence-electron chi connectivity index (χ4n) is 3.42. The molecule has 0 aliphatic carbocycles. The molecule has 2 aliphatic rings. The van der Waals surface area contributed by atoms with Crippen molar-refractivity contribution in [3.05, 3.63) is 23.2 Å². The van der Waals surface area contributed by atoms with Crippen LogP contribution in [0.25, 0.3) is 11.0 Å². The number of nitrogens with zero attached hydrogens (tertiary/aromatic N) is 2. The van der Waals surface area contributed by atoms with Crippen LogP contribution >= 0.6 is 0 Å². The minimum atomic E-state index is 0. The first-order valence-electron chi connectivity index (χ1n) is 7.32. The molecule has 1 aromatic heterocycles. The van der Waals surface area contributed by atoms with Gasteiger partial charge in [-0.25, -0.2) is 0 Å². The molecule has 4 rings (SSSR count). The topological polar surface area (TPSA) is 39.1 Å². The molecule has 5 heteroatoms. The summed E-state index contributed by atoms with van der Waals surface area (Å²) in [4.78, 5) is 4.81. The number of hydrogen-bond donors (Lipinski definition) is 1. The van der Waals surface area contributed by atoms with Crippen molar-refractivity contribution in [3.63, 3.8) is 0 Å². The second-order valence-electron chi connectivity index (χ2n) is 6.19. The van der Waals surface area contributed by atoms with Crippen molar-refractivity contribution in [3.8, 4) is 5.75 Å². The summed E-state index contributed by atoms with van der Waals surface area (Å²) < 4.78 is 8.33. The minimum Gasteiger partial charge on any atom is -0.491 e. The van der Waals surface area contributed by atoms with Gasteiger partial charge in [-0.1, -0.05) is 20.4 Å². The number of nitrogens with one attached hydrogen (secondary N) is 1. The fraction of sp³-hybridized carbons (Fsp3) is 0.500. The minimum absolute atomic E-state index is 0. The van der Waals surface area contributed by atoms with Gasteiger partial charge in [0.15, 0.2) is 0 Å². The molecule has 4 nitrogen and oxygen atoms in total. The van der Waals surface area contributed by atoms with E-state index in [-0.39, 0.29) is 6.10 Å². The van der Waals surface area contributed by atoms with E-state index in [1.54, 1.807) is 0 Å². The number of anilines is 1. The second-order valence-corrected chi connectivity index (χ2v) is 6.19. The van der Waals surface area contributed by atoms with Gasteiger partial charge < -0.3 is 14.6 Å². The van der Waals surface area contributed by atoms with Crippen LogP contribution in [-0.2, 0) is 0 Å². The van der Waals surface area contributed by atoms with Crippen molar-refractivity contribution in [1.29, 1.82) is 0 Å². The summed E-state index contributed by atoms with van der Waals surface area (Å²) in [6.07, 6.45) is 0.228. The zero-order valence-electron chi connectivity index (χ0n) is 13.3. The maximum Gasteiger partial charge on any atom is 0.116 e. The maximum absolute atomic E-state index is 6.12. The van der Waals surface area contributed by atoms with E-state index >= 15 is 0 Å². The summed E-state index contributed by atoms with van der Waals surface area (Å²) in [5, 5.41) is 3.41. The van der Waals surface area contributed by atoms with Crippen molar-refractivity contribution < 1.29 is 4.74 Å². The van der Waals surface area contributed by atoms with E-state index in [9.17, 15) is 0 Å². The number of aromatic nitrogens is 2. The van der Waals surface area contributed by atoms with Crippen LogP contribution in [0, 0.1) is 20.4 Å². The Bertz CT molecular complexity index is 737. The molecule has 0 spiro atoms. The van der Waals surface area contributed by atoms with Crippen LogP contribution in [0.2, 0.25) is 0 Å². The quantitative estimate of drug-likeness (QED) is 0.525. The van der Waals surface area contributed by atoms with Crippen LogP contribution in [0.3, 0.4) is 0 Å². The number of hydrogen-bond acceptors (Lipinski definition) is 3. The van der Waals surface area contributed by atoms with Crippen molar-refractivity contribution in [2.75, 3.05) is 5.32 Å². The van der Waals surface area contributed by atoms with Crippen molar-refractivity contribution in [2.24, 2.45) is 0 Å². The third kappa shape index (κ3) is 1.40. The number of imidazole rings is 1. The predicted molar refractivity (Wildman–Crippen MR) is 80.5 cm³/mol. The van der Waals surface area contributed by atoms with E-state index in [4.69, 9.17) is 9.72 Å². The molecule has 3 heterocycles. The Labute approximate surface area is 119 Å². The fourth-order valence-corrected chi connectivity index (χ4v) is 3.42. The Morgan fingerprint density at radius 2 is 1.90 bits per heavy atom. The first-order chi connectivity index (χ1) is 9.49. The van der Waals surface area contributed by atoms with Gasteiger partial charge in [0.25, 0.3) is 0 Å². The zero-order valence-corrected chi connectivity index (χ0v) is 19.7. The Morgan fingerprint density at radius 1 is 1.19 bits per heavy atom. The van der Waals surface area contributed by atoms with Crippen LogP contribution in [0.1, 0.15) is 43.4 Å². The largest absolute Gasteiger partial charge is 0.491 e. The Kier molecular flexibility index (Phi) is 2.41. The van der Waals surface area contributed by atoms with E-state index < -0.39 is 0 Å². The molecule has 2 aromatic rings. The molecule has 0 amide bonds. The standard InChI is InChI=1S/C16H20N3O.Rf/c1-7-6-19-14-12-10(4)11(5)20-15(12)9(3)8(2)13(14)18-16(19)17-7;/h6-7,10-11H,1-5H3,(H,17,18);/q-1;. The van der Waals surface area contributed by atoms with Gasteiger partial charge in [0.2, 0.25) is 0 Å². The van der Waals surface area contributed by atoms with E-state index in [1.165, 1.54) is 22.2 Å². The molecule has 1 aromatic carbocycles. The van der Waals surface area contributed by atoms with Crippen LogP contribution in [0.15, 0.2) is 0 Å². The Hall–Kier alpha value is -2.84. The molecule has 1 N–H and O–H groups in total. The normalized spacial score (nSPS) is 25.7. The number of benzene rings is 1. The summed E-state index contributed by atoms with van der Waals surface area (Å²) in [5.41, 5.74) is 6.11. The molecular formula is C16H20N3ORf-. The Morgan fingerprint density at radius 3 is 2.62 bits per heavy atom. The van der Waals surface area contributed by atoms with Crippen LogP contribution in [0.5, 0.6) is 5.75 Å². The number of fused-ring (bicyclic) bond motifs is 5. The van der Waals surface area contributed by atoms with E-state index in [0.29, 0.717) is 12.0 Å². The van der Waals surface area contributed by atoms with Gasteiger partial charge in [-0.15, -0.1) is 0 Å². The van der Waals surface area contributed by atoms with Gasteiger partial charge in [-0.05, 0) is 43.0 Å². The van der Waals surface area contributed by atoms with Crippen LogP contribution < -0.4 is 10.1 Å². The van der Waals surface area contributed by atoms with Crippen molar-refractivity contribution >= 4 is 17.0 Å².